The molecule has 0 amide bonds. The number of nitro groups is 1. The van der Waals surface area contributed by atoms with Crippen molar-refractivity contribution in [2.45, 2.75) is 0 Å². The topological polar surface area (TPSA) is 76.8 Å². The van der Waals surface area contributed by atoms with Crippen LogP contribution in [0.2, 0.25) is 0 Å². The van der Waals surface area contributed by atoms with Crippen LogP contribution in [0.5, 0.6) is 5.75 Å². The summed E-state index contributed by atoms with van der Waals surface area (Å²) in [5.41, 5.74) is 4.46. The molecule has 0 aromatic heterocycles. The van der Waals surface area contributed by atoms with E-state index in [-0.39, 0.29) is 5.69 Å². The first-order chi connectivity index (χ1) is 10.7. The fraction of sp³-hybridized carbons (Fsp3) is 0.0625. The Labute approximate surface area is 127 Å². The molecule has 0 heterocycles. The van der Waals surface area contributed by atoms with Gasteiger partial charge in [-0.25, -0.2) is 0 Å². The maximum atomic E-state index is 10.5. The smallest absolute Gasteiger partial charge is 0.269 e. The standard InChI is InChI=1S/C16H15N3O3/c1-22-16-7-3-2-5-13(16)6-4-12-17-18-14-8-10-15(11-9-14)19(20)21/h2-12,18H,1H3/b6-4+,17-12+. The van der Waals surface area contributed by atoms with E-state index in [0.717, 1.165) is 11.3 Å². The monoisotopic (exact) mass is 297 g/mol. The number of rotatable bonds is 6. The van der Waals surface area contributed by atoms with E-state index in [1.807, 2.05) is 30.3 Å². The Kier molecular flexibility index (Phi) is 5.25. The van der Waals surface area contributed by atoms with Gasteiger partial charge in [0.05, 0.1) is 17.7 Å². The van der Waals surface area contributed by atoms with Crippen LogP contribution in [0.15, 0.2) is 59.7 Å². The minimum Gasteiger partial charge on any atom is -0.496 e. The molecule has 6 heteroatoms. The average Bonchev–Trinajstić information content (AvgIpc) is 2.55. The number of hydrazone groups is 1. The van der Waals surface area contributed by atoms with Crippen molar-refractivity contribution in [3.63, 3.8) is 0 Å². The fourth-order valence-electron chi connectivity index (χ4n) is 1.76. The lowest BCUT2D eigenvalue weighted by Crippen LogP contribution is -1.90. The molecule has 2 rings (SSSR count). The molecule has 0 unspecified atom stereocenters. The fourth-order valence-corrected chi connectivity index (χ4v) is 1.76. The molecule has 1 N–H and O–H groups in total. The Bertz CT molecular complexity index is 694. The number of nitrogens with zero attached hydrogens (tertiary/aromatic N) is 2. The first-order valence-electron chi connectivity index (χ1n) is 6.54. The van der Waals surface area contributed by atoms with E-state index in [1.165, 1.54) is 12.1 Å². The van der Waals surface area contributed by atoms with Gasteiger partial charge in [-0.15, -0.1) is 0 Å². The molecule has 2 aromatic rings. The third-order valence-corrected chi connectivity index (χ3v) is 2.85. The number of nitrogens with one attached hydrogen (secondary N) is 1. The lowest BCUT2D eigenvalue weighted by molar-refractivity contribution is -0.384. The summed E-state index contributed by atoms with van der Waals surface area (Å²) in [5, 5.41) is 14.5. The molecular formula is C16H15N3O3. The zero-order valence-corrected chi connectivity index (χ0v) is 12.0. The van der Waals surface area contributed by atoms with Gasteiger partial charge in [-0.05, 0) is 30.4 Å². The molecule has 0 aliphatic heterocycles. The third kappa shape index (κ3) is 4.17. The average molecular weight is 297 g/mol. The van der Waals surface area contributed by atoms with Crippen molar-refractivity contribution in [2.24, 2.45) is 5.10 Å². The van der Waals surface area contributed by atoms with E-state index in [4.69, 9.17) is 4.74 Å². The highest BCUT2D eigenvalue weighted by molar-refractivity contribution is 5.79. The Balaban J connectivity index is 1.92. The number of non-ortho nitro benzene ring substituents is 1. The number of para-hydroxylation sites is 1. The first-order valence-corrected chi connectivity index (χ1v) is 6.54. The first kappa shape index (κ1) is 15.2. The summed E-state index contributed by atoms with van der Waals surface area (Å²) in [6.45, 7) is 0. The molecule has 0 aliphatic carbocycles. The Morgan fingerprint density at radius 2 is 1.91 bits per heavy atom. The number of benzene rings is 2. The predicted octanol–water partition coefficient (Wildman–Crippen LogP) is 3.71. The molecule has 0 radical (unpaired) electrons. The number of allylic oxidation sites excluding steroid dienone is 1. The van der Waals surface area contributed by atoms with Crippen molar-refractivity contribution in [3.05, 3.63) is 70.3 Å². The Hall–Kier alpha value is -3.15. The SMILES string of the molecule is COc1ccccc1/C=C/C=N/Nc1ccc([N+](=O)[O-])cc1. The summed E-state index contributed by atoms with van der Waals surface area (Å²) < 4.78 is 5.24. The molecule has 22 heavy (non-hydrogen) atoms. The summed E-state index contributed by atoms with van der Waals surface area (Å²) in [5.74, 6) is 0.787. The Morgan fingerprint density at radius 1 is 1.18 bits per heavy atom. The molecule has 6 nitrogen and oxygen atoms in total. The van der Waals surface area contributed by atoms with Gasteiger partial charge >= 0.3 is 0 Å². The van der Waals surface area contributed by atoms with Crippen LogP contribution in [0.4, 0.5) is 11.4 Å². The highest BCUT2D eigenvalue weighted by atomic mass is 16.6. The molecule has 0 saturated carbocycles. The van der Waals surface area contributed by atoms with E-state index < -0.39 is 4.92 Å². The van der Waals surface area contributed by atoms with E-state index in [9.17, 15) is 10.1 Å². The lowest BCUT2D eigenvalue weighted by atomic mass is 10.2. The number of hydrogen-bond acceptors (Lipinski definition) is 5. The van der Waals surface area contributed by atoms with Crippen molar-refractivity contribution in [1.29, 1.82) is 0 Å². The van der Waals surface area contributed by atoms with Gasteiger partial charge < -0.3 is 4.74 Å². The van der Waals surface area contributed by atoms with Crippen LogP contribution in [-0.4, -0.2) is 18.2 Å². The molecule has 0 bridgehead atoms. The molecule has 0 saturated heterocycles. The van der Waals surface area contributed by atoms with Crippen LogP contribution in [-0.2, 0) is 0 Å². The summed E-state index contributed by atoms with van der Waals surface area (Å²) >= 11 is 0. The van der Waals surface area contributed by atoms with Crippen molar-refractivity contribution < 1.29 is 9.66 Å². The number of hydrogen-bond donors (Lipinski definition) is 1. The van der Waals surface area contributed by atoms with Crippen molar-refractivity contribution >= 4 is 23.7 Å². The highest BCUT2D eigenvalue weighted by Crippen LogP contribution is 2.18. The summed E-state index contributed by atoms with van der Waals surface area (Å²) in [4.78, 5) is 10.1. The normalized spacial score (nSPS) is 11.0. The predicted molar refractivity (Wildman–Crippen MR) is 87.2 cm³/mol. The van der Waals surface area contributed by atoms with Crippen molar-refractivity contribution in [1.82, 2.24) is 0 Å². The van der Waals surface area contributed by atoms with Gasteiger partial charge in [-0.1, -0.05) is 18.2 Å². The largest absolute Gasteiger partial charge is 0.496 e. The zero-order valence-electron chi connectivity index (χ0n) is 12.0. The van der Waals surface area contributed by atoms with E-state index >= 15 is 0 Å². The Morgan fingerprint density at radius 3 is 2.59 bits per heavy atom. The van der Waals surface area contributed by atoms with E-state index in [0.29, 0.717) is 5.69 Å². The van der Waals surface area contributed by atoms with Crippen LogP contribution < -0.4 is 10.2 Å². The summed E-state index contributed by atoms with van der Waals surface area (Å²) in [6.07, 6.45) is 5.24. The third-order valence-electron chi connectivity index (χ3n) is 2.85. The van der Waals surface area contributed by atoms with Gasteiger partial charge in [0.2, 0.25) is 0 Å². The minimum atomic E-state index is -0.441. The second-order valence-electron chi connectivity index (χ2n) is 4.30. The quantitative estimate of drug-likeness (QED) is 0.501. The molecule has 112 valence electrons. The minimum absolute atomic E-state index is 0.0469. The lowest BCUT2D eigenvalue weighted by Gasteiger charge is -2.02. The molecule has 0 spiro atoms. The number of nitro benzene ring substituents is 1. The van der Waals surface area contributed by atoms with Gasteiger partial charge in [0.15, 0.2) is 0 Å². The van der Waals surface area contributed by atoms with Crippen LogP contribution in [0.1, 0.15) is 5.56 Å². The number of methoxy groups -OCH3 is 1. The van der Waals surface area contributed by atoms with Crippen LogP contribution in [0.25, 0.3) is 6.08 Å². The second kappa shape index (κ2) is 7.58. The summed E-state index contributed by atoms with van der Waals surface area (Å²) in [7, 11) is 1.62. The van der Waals surface area contributed by atoms with Gasteiger partial charge in [0.25, 0.3) is 5.69 Å². The summed E-state index contributed by atoms with van der Waals surface area (Å²) in [6, 6.07) is 13.7. The molecular weight excluding hydrogens is 282 g/mol. The number of ether oxygens (including phenoxy) is 1. The van der Waals surface area contributed by atoms with Gasteiger partial charge in [-0.3, -0.25) is 15.5 Å². The van der Waals surface area contributed by atoms with Crippen LogP contribution in [0.3, 0.4) is 0 Å². The van der Waals surface area contributed by atoms with Crippen molar-refractivity contribution in [2.75, 3.05) is 12.5 Å². The second-order valence-corrected chi connectivity index (χ2v) is 4.30. The molecule has 0 aliphatic rings. The van der Waals surface area contributed by atoms with E-state index in [1.54, 1.807) is 31.5 Å². The molecule has 2 aromatic carbocycles. The van der Waals surface area contributed by atoms with E-state index in [2.05, 4.69) is 10.5 Å². The maximum Gasteiger partial charge on any atom is 0.269 e. The van der Waals surface area contributed by atoms with Crippen LogP contribution >= 0.6 is 0 Å². The van der Waals surface area contributed by atoms with Gasteiger partial charge in [0.1, 0.15) is 5.75 Å². The maximum absolute atomic E-state index is 10.5. The highest BCUT2D eigenvalue weighted by Gasteiger charge is 2.02. The van der Waals surface area contributed by atoms with Gasteiger partial charge in [-0.2, -0.15) is 5.10 Å². The molecule has 0 atom stereocenters. The molecule has 0 fully saturated rings. The number of anilines is 1. The zero-order chi connectivity index (χ0) is 15.8. The van der Waals surface area contributed by atoms with Crippen LogP contribution in [0, 0.1) is 10.1 Å². The van der Waals surface area contributed by atoms with Gasteiger partial charge in [0, 0.05) is 23.9 Å². The van der Waals surface area contributed by atoms with Crippen molar-refractivity contribution in [3.8, 4) is 5.75 Å².